The summed E-state index contributed by atoms with van der Waals surface area (Å²) in [5, 5.41) is 6.60. The molecule has 0 saturated heterocycles. The summed E-state index contributed by atoms with van der Waals surface area (Å²) < 4.78 is 0. The second-order valence-electron chi connectivity index (χ2n) is 5.77. The standard InChI is InChI=1S/C16H22N2O/c19-16(18-14-7-8-14)6-3-9-17-15-10-12-4-1-2-5-13(12)11-15/h1-2,4-5,14-15,17H,3,6-11H2,(H,18,19). The lowest BCUT2D eigenvalue weighted by Gasteiger charge is -2.11. The van der Waals surface area contributed by atoms with Gasteiger partial charge < -0.3 is 10.6 Å². The summed E-state index contributed by atoms with van der Waals surface area (Å²) in [4.78, 5) is 11.5. The molecule has 102 valence electrons. The molecule has 2 N–H and O–H groups in total. The van der Waals surface area contributed by atoms with Gasteiger partial charge in [-0.25, -0.2) is 0 Å². The summed E-state index contributed by atoms with van der Waals surface area (Å²) in [6, 6.07) is 9.72. The van der Waals surface area contributed by atoms with E-state index in [0.29, 0.717) is 18.5 Å². The number of amides is 1. The molecule has 19 heavy (non-hydrogen) atoms. The van der Waals surface area contributed by atoms with Crippen LogP contribution in [0.1, 0.15) is 36.8 Å². The van der Waals surface area contributed by atoms with E-state index in [1.54, 1.807) is 0 Å². The van der Waals surface area contributed by atoms with Gasteiger partial charge in [0.2, 0.25) is 5.91 Å². The van der Waals surface area contributed by atoms with Crippen LogP contribution in [0.15, 0.2) is 24.3 Å². The Bertz CT molecular complexity index is 429. The predicted molar refractivity (Wildman–Crippen MR) is 76.0 cm³/mol. The summed E-state index contributed by atoms with van der Waals surface area (Å²) in [7, 11) is 0. The molecule has 3 rings (SSSR count). The average molecular weight is 258 g/mol. The van der Waals surface area contributed by atoms with Gasteiger partial charge in [-0.1, -0.05) is 24.3 Å². The van der Waals surface area contributed by atoms with Gasteiger partial charge in [-0.15, -0.1) is 0 Å². The molecule has 0 aliphatic heterocycles. The van der Waals surface area contributed by atoms with Gasteiger partial charge in [0.05, 0.1) is 0 Å². The van der Waals surface area contributed by atoms with Crippen LogP contribution in [0.4, 0.5) is 0 Å². The van der Waals surface area contributed by atoms with Crippen molar-refractivity contribution in [1.82, 2.24) is 10.6 Å². The molecule has 0 atom stereocenters. The van der Waals surface area contributed by atoms with E-state index in [2.05, 4.69) is 34.9 Å². The first kappa shape index (κ1) is 12.7. The molecule has 1 saturated carbocycles. The van der Waals surface area contributed by atoms with E-state index in [9.17, 15) is 4.79 Å². The maximum Gasteiger partial charge on any atom is 0.220 e. The monoisotopic (exact) mass is 258 g/mol. The lowest BCUT2D eigenvalue weighted by Crippen LogP contribution is -2.32. The van der Waals surface area contributed by atoms with Gasteiger partial charge in [0.1, 0.15) is 0 Å². The summed E-state index contributed by atoms with van der Waals surface area (Å²) in [6.45, 7) is 0.941. The van der Waals surface area contributed by atoms with E-state index in [1.165, 1.54) is 24.0 Å². The molecule has 0 heterocycles. The Labute approximate surface area is 114 Å². The van der Waals surface area contributed by atoms with Crippen molar-refractivity contribution >= 4 is 5.91 Å². The highest BCUT2D eigenvalue weighted by atomic mass is 16.1. The third-order valence-electron chi connectivity index (χ3n) is 4.01. The van der Waals surface area contributed by atoms with E-state index >= 15 is 0 Å². The third kappa shape index (κ3) is 3.57. The van der Waals surface area contributed by atoms with Crippen molar-refractivity contribution in [2.75, 3.05) is 6.54 Å². The second kappa shape index (κ2) is 5.74. The first-order valence-corrected chi connectivity index (χ1v) is 7.41. The molecule has 2 aliphatic carbocycles. The molecule has 1 fully saturated rings. The molecule has 2 aliphatic rings. The highest BCUT2D eigenvalue weighted by Gasteiger charge is 2.23. The Morgan fingerprint density at radius 2 is 1.79 bits per heavy atom. The highest BCUT2D eigenvalue weighted by molar-refractivity contribution is 5.76. The predicted octanol–water partition coefficient (Wildman–Crippen LogP) is 1.80. The van der Waals surface area contributed by atoms with Crippen LogP contribution in [0.3, 0.4) is 0 Å². The van der Waals surface area contributed by atoms with E-state index < -0.39 is 0 Å². The molecule has 0 bridgehead atoms. The molecule has 1 amide bonds. The zero-order valence-corrected chi connectivity index (χ0v) is 11.3. The number of carbonyl (C=O) groups excluding carboxylic acids is 1. The minimum absolute atomic E-state index is 0.221. The molecule has 1 aromatic carbocycles. The number of nitrogens with one attached hydrogen (secondary N) is 2. The third-order valence-corrected chi connectivity index (χ3v) is 4.01. The molecule has 3 nitrogen and oxygen atoms in total. The molecule has 0 unspecified atom stereocenters. The quantitative estimate of drug-likeness (QED) is 0.764. The average Bonchev–Trinajstić information content (AvgIpc) is 3.11. The van der Waals surface area contributed by atoms with Crippen LogP contribution in [0.5, 0.6) is 0 Å². The van der Waals surface area contributed by atoms with Gasteiger partial charge in [-0.05, 0) is 49.8 Å². The van der Waals surface area contributed by atoms with Gasteiger partial charge in [-0.2, -0.15) is 0 Å². The van der Waals surface area contributed by atoms with Crippen molar-refractivity contribution in [3.05, 3.63) is 35.4 Å². The highest BCUT2D eigenvalue weighted by Crippen LogP contribution is 2.21. The van der Waals surface area contributed by atoms with Crippen LogP contribution in [-0.2, 0) is 17.6 Å². The zero-order chi connectivity index (χ0) is 13.1. The summed E-state index contributed by atoms with van der Waals surface area (Å²) >= 11 is 0. The first-order valence-electron chi connectivity index (χ1n) is 7.41. The van der Waals surface area contributed by atoms with Crippen LogP contribution >= 0.6 is 0 Å². The topological polar surface area (TPSA) is 41.1 Å². The number of hydrogen-bond acceptors (Lipinski definition) is 2. The lowest BCUT2D eigenvalue weighted by atomic mass is 10.1. The van der Waals surface area contributed by atoms with E-state index in [4.69, 9.17) is 0 Å². The Hall–Kier alpha value is -1.35. The SMILES string of the molecule is O=C(CCCNC1Cc2ccccc2C1)NC1CC1. The summed E-state index contributed by atoms with van der Waals surface area (Å²) in [5.74, 6) is 0.221. The van der Waals surface area contributed by atoms with Crippen LogP contribution in [-0.4, -0.2) is 24.5 Å². The maximum atomic E-state index is 11.5. The van der Waals surface area contributed by atoms with Crippen LogP contribution in [0.2, 0.25) is 0 Å². The molecular weight excluding hydrogens is 236 g/mol. The molecule has 3 heteroatoms. The van der Waals surface area contributed by atoms with Crippen molar-refractivity contribution < 1.29 is 4.79 Å². The zero-order valence-electron chi connectivity index (χ0n) is 11.3. The Balaban J connectivity index is 1.32. The van der Waals surface area contributed by atoms with Crippen molar-refractivity contribution in [1.29, 1.82) is 0 Å². The van der Waals surface area contributed by atoms with Crippen molar-refractivity contribution in [3.63, 3.8) is 0 Å². The van der Waals surface area contributed by atoms with Crippen molar-refractivity contribution in [2.45, 2.75) is 50.6 Å². The fraction of sp³-hybridized carbons (Fsp3) is 0.562. The van der Waals surface area contributed by atoms with E-state index in [-0.39, 0.29) is 5.91 Å². The minimum Gasteiger partial charge on any atom is -0.353 e. The number of hydrogen-bond donors (Lipinski definition) is 2. The number of rotatable bonds is 6. The Morgan fingerprint density at radius 3 is 2.42 bits per heavy atom. The van der Waals surface area contributed by atoms with Crippen LogP contribution in [0, 0.1) is 0 Å². The first-order chi connectivity index (χ1) is 9.31. The van der Waals surface area contributed by atoms with Crippen LogP contribution < -0.4 is 10.6 Å². The summed E-state index contributed by atoms with van der Waals surface area (Å²) in [5.41, 5.74) is 2.96. The smallest absolute Gasteiger partial charge is 0.220 e. The van der Waals surface area contributed by atoms with Crippen LogP contribution in [0.25, 0.3) is 0 Å². The number of fused-ring (bicyclic) bond motifs is 1. The Morgan fingerprint density at radius 1 is 1.11 bits per heavy atom. The molecule has 0 spiro atoms. The van der Waals surface area contributed by atoms with Gasteiger partial charge in [0, 0.05) is 18.5 Å². The molecule has 1 aromatic rings. The minimum atomic E-state index is 0.221. The molecule has 0 radical (unpaired) electrons. The Kier molecular flexibility index (Phi) is 3.83. The summed E-state index contributed by atoms with van der Waals surface area (Å²) in [6.07, 6.45) is 6.19. The lowest BCUT2D eigenvalue weighted by molar-refractivity contribution is -0.121. The molecule has 0 aromatic heterocycles. The second-order valence-corrected chi connectivity index (χ2v) is 5.77. The van der Waals surface area contributed by atoms with E-state index in [1.807, 2.05) is 0 Å². The van der Waals surface area contributed by atoms with E-state index in [0.717, 1.165) is 25.8 Å². The fourth-order valence-corrected chi connectivity index (χ4v) is 2.79. The normalized spacial score (nSPS) is 18.3. The molecular formula is C16H22N2O. The largest absolute Gasteiger partial charge is 0.353 e. The van der Waals surface area contributed by atoms with Crippen molar-refractivity contribution in [3.8, 4) is 0 Å². The number of benzene rings is 1. The van der Waals surface area contributed by atoms with Gasteiger partial charge in [0.15, 0.2) is 0 Å². The van der Waals surface area contributed by atoms with Crippen molar-refractivity contribution in [2.24, 2.45) is 0 Å². The fourth-order valence-electron chi connectivity index (χ4n) is 2.79. The van der Waals surface area contributed by atoms with Gasteiger partial charge in [-0.3, -0.25) is 4.79 Å². The maximum absolute atomic E-state index is 11.5. The van der Waals surface area contributed by atoms with Gasteiger partial charge >= 0.3 is 0 Å². The number of carbonyl (C=O) groups is 1. The van der Waals surface area contributed by atoms with Gasteiger partial charge in [0.25, 0.3) is 0 Å².